The lowest BCUT2D eigenvalue weighted by atomic mass is 10.1. The van der Waals surface area contributed by atoms with Crippen LogP contribution in [0.25, 0.3) is 0 Å². The summed E-state index contributed by atoms with van der Waals surface area (Å²) in [6.07, 6.45) is 5.03. The van der Waals surface area contributed by atoms with Gasteiger partial charge in [0.1, 0.15) is 41.2 Å². The van der Waals surface area contributed by atoms with Gasteiger partial charge in [-0.3, -0.25) is 14.4 Å². The fourth-order valence-electron chi connectivity index (χ4n) is 5.62. The van der Waals surface area contributed by atoms with Crippen molar-refractivity contribution in [3.63, 3.8) is 0 Å². The number of halogens is 4. The van der Waals surface area contributed by atoms with Crippen LogP contribution in [0.5, 0.6) is 0 Å². The second-order valence-corrected chi connectivity index (χ2v) is 13.4. The predicted octanol–water partition coefficient (Wildman–Crippen LogP) is 6.81. The summed E-state index contributed by atoms with van der Waals surface area (Å²) < 4.78 is 52.7. The first kappa shape index (κ1) is 44.8. The molecule has 0 bridgehead atoms. The SMILES string of the molecule is CCCC(NC(=O)Cc1cc(F)cc(F)c1)C(=O)Nc1ccc(CCC(C)NCc2ccccc2)cn1.CCCC(NC(=O)Cc1cc(F)cc(F)c1)C(=O)O. The van der Waals surface area contributed by atoms with E-state index in [1.165, 1.54) is 5.56 Å². The van der Waals surface area contributed by atoms with Gasteiger partial charge >= 0.3 is 5.97 Å². The van der Waals surface area contributed by atoms with Crippen LogP contribution in [-0.2, 0) is 45.0 Å². The Morgan fingerprint density at radius 1 is 0.661 bits per heavy atom. The van der Waals surface area contributed by atoms with Crippen LogP contribution in [0.4, 0.5) is 23.4 Å². The molecular formula is C42H49F4N5O5. The number of carboxylic acid groups (broad SMARTS) is 1. The molecule has 300 valence electrons. The summed E-state index contributed by atoms with van der Waals surface area (Å²) in [6.45, 7) is 6.67. The van der Waals surface area contributed by atoms with Gasteiger partial charge in [0.15, 0.2) is 0 Å². The Morgan fingerprint density at radius 3 is 1.66 bits per heavy atom. The molecule has 0 aliphatic carbocycles. The van der Waals surface area contributed by atoms with Crippen molar-refractivity contribution < 1.29 is 41.8 Å². The number of aliphatic carboxylic acids is 1. The predicted molar refractivity (Wildman–Crippen MR) is 205 cm³/mol. The van der Waals surface area contributed by atoms with Crippen LogP contribution in [0.1, 0.15) is 75.1 Å². The number of aryl methyl sites for hydroxylation is 1. The molecule has 1 heterocycles. The molecule has 5 N–H and O–H groups in total. The summed E-state index contributed by atoms with van der Waals surface area (Å²) in [5.41, 5.74) is 2.67. The molecule has 1 aromatic heterocycles. The third kappa shape index (κ3) is 16.8. The van der Waals surface area contributed by atoms with E-state index in [2.05, 4.69) is 45.3 Å². The van der Waals surface area contributed by atoms with Crippen LogP contribution >= 0.6 is 0 Å². The maximum atomic E-state index is 13.4. The second-order valence-electron chi connectivity index (χ2n) is 13.4. The molecule has 3 aromatic carbocycles. The number of carbonyl (C=O) groups excluding carboxylic acids is 3. The number of benzene rings is 3. The zero-order chi connectivity index (χ0) is 41.0. The van der Waals surface area contributed by atoms with E-state index in [9.17, 15) is 36.7 Å². The molecule has 0 fully saturated rings. The van der Waals surface area contributed by atoms with E-state index >= 15 is 0 Å². The average Bonchev–Trinajstić information content (AvgIpc) is 3.13. The first-order valence-corrected chi connectivity index (χ1v) is 18.5. The number of carboxylic acids is 1. The first-order chi connectivity index (χ1) is 26.7. The zero-order valence-electron chi connectivity index (χ0n) is 31.7. The molecule has 56 heavy (non-hydrogen) atoms. The largest absolute Gasteiger partial charge is 0.480 e. The first-order valence-electron chi connectivity index (χ1n) is 18.5. The van der Waals surface area contributed by atoms with Crippen LogP contribution < -0.4 is 21.3 Å². The van der Waals surface area contributed by atoms with Gasteiger partial charge in [0.25, 0.3) is 0 Å². The molecule has 0 saturated carbocycles. The van der Waals surface area contributed by atoms with Crippen molar-refractivity contribution in [3.8, 4) is 0 Å². The molecular weight excluding hydrogens is 730 g/mol. The third-order valence-electron chi connectivity index (χ3n) is 8.45. The fourth-order valence-corrected chi connectivity index (χ4v) is 5.62. The summed E-state index contributed by atoms with van der Waals surface area (Å²) in [7, 11) is 0. The van der Waals surface area contributed by atoms with E-state index in [-0.39, 0.29) is 29.9 Å². The van der Waals surface area contributed by atoms with Crippen molar-refractivity contribution in [2.24, 2.45) is 0 Å². The highest BCUT2D eigenvalue weighted by atomic mass is 19.1. The number of amides is 3. The smallest absolute Gasteiger partial charge is 0.326 e. The third-order valence-corrected chi connectivity index (χ3v) is 8.45. The molecule has 0 aliphatic rings. The summed E-state index contributed by atoms with van der Waals surface area (Å²) >= 11 is 0. The molecule has 4 rings (SSSR count). The Morgan fingerprint density at radius 2 is 1.18 bits per heavy atom. The highest BCUT2D eigenvalue weighted by molar-refractivity contribution is 5.96. The number of anilines is 1. The highest BCUT2D eigenvalue weighted by Crippen LogP contribution is 2.13. The van der Waals surface area contributed by atoms with Gasteiger partial charge < -0.3 is 26.4 Å². The Labute approximate surface area is 324 Å². The lowest BCUT2D eigenvalue weighted by molar-refractivity contribution is -0.142. The van der Waals surface area contributed by atoms with Crippen molar-refractivity contribution in [1.29, 1.82) is 0 Å². The minimum atomic E-state index is -1.12. The van der Waals surface area contributed by atoms with Gasteiger partial charge in [-0.15, -0.1) is 0 Å². The monoisotopic (exact) mass is 779 g/mol. The Kier molecular flexibility index (Phi) is 18.6. The van der Waals surface area contributed by atoms with E-state index in [1.54, 1.807) is 19.2 Å². The normalized spacial score (nSPS) is 12.3. The standard InChI is InChI=1S/C29H34F2N4O2.C13H15F2NO3/c1-3-7-26(34-28(36)16-23-14-24(30)17-25(31)15-23)29(37)35-27-13-12-22(19-33-27)11-10-20(2)32-18-21-8-5-4-6-9-21;1-2-3-11(13(18)19)16-12(17)6-8-4-9(14)7-10(15)5-8/h4-6,8-9,12-15,17,19-20,26,32H,3,7,10-11,16,18H2,1-2H3,(H,34,36)(H,33,35,37);4-5,7,11H,2-3,6H2,1H3,(H,16,17)(H,18,19). The quantitative estimate of drug-likeness (QED) is 0.0657. The molecule has 0 saturated heterocycles. The summed E-state index contributed by atoms with van der Waals surface area (Å²) in [4.78, 5) is 52.0. The molecule has 4 aromatic rings. The number of hydrogen-bond acceptors (Lipinski definition) is 6. The minimum absolute atomic E-state index is 0.163. The lowest BCUT2D eigenvalue weighted by Gasteiger charge is -2.18. The molecule has 3 atom stereocenters. The van der Waals surface area contributed by atoms with Crippen molar-refractivity contribution >= 4 is 29.5 Å². The zero-order valence-corrected chi connectivity index (χ0v) is 31.7. The van der Waals surface area contributed by atoms with Gasteiger partial charge in [0, 0.05) is 30.9 Å². The molecule has 14 heteroatoms. The van der Waals surface area contributed by atoms with Gasteiger partial charge in [-0.05, 0) is 85.2 Å². The van der Waals surface area contributed by atoms with Crippen molar-refractivity contribution in [1.82, 2.24) is 20.9 Å². The number of aromatic nitrogens is 1. The number of nitrogens with one attached hydrogen (secondary N) is 4. The van der Waals surface area contributed by atoms with E-state index in [0.717, 1.165) is 55.3 Å². The van der Waals surface area contributed by atoms with Gasteiger partial charge in [-0.1, -0.05) is 63.1 Å². The number of pyridine rings is 1. The summed E-state index contributed by atoms with van der Waals surface area (Å²) in [6, 6.07) is 18.2. The topological polar surface area (TPSA) is 150 Å². The number of hydrogen-bond donors (Lipinski definition) is 5. The van der Waals surface area contributed by atoms with Crippen LogP contribution in [0.3, 0.4) is 0 Å². The number of nitrogens with zero attached hydrogens (tertiary/aromatic N) is 1. The van der Waals surface area contributed by atoms with Crippen molar-refractivity contribution in [2.75, 3.05) is 5.32 Å². The Hall–Kier alpha value is -5.63. The average molecular weight is 780 g/mol. The number of carbonyl (C=O) groups is 4. The van der Waals surface area contributed by atoms with Crippen molar-refractivity contribution in [3.05, 3.63) is 131 Å². The Balaban J connectivity index is 0.000000372. The van der Waals surface area contributed by atoms with Gasteiger partial charge in [-0.2, -0.15) is 0 Å². The van der Waals surface area contributed by atoms with Crippen LogP contribution in [0.2, 0.25) is 0 Å². The van der Waals surface area contributed by atoms with Crippen LogP contribution in [0, 0.1) is 23.3 Å². The van der Waals surface area contributed by atoms with Crippen molar-refractivity contribution in [2.45, 2.75) is 96.8 Å². The minimum Gasteiger partial charge on any atom is -0.480 e. The van der Waals surface area contributed by atoms with E-state index in [4.69, 9.17) is 5.11 Å². The maximum absolute atomic E-state index is 13.4. The fraction of sp³-hybridized carbons (Fsp3) is 0.357. The number of rotatable bonds is 19. The van der Waals surface area contributed by atoms with Crippen LogP contribution in [0.15, 0.2) is 85.1 Å². The van der Waals surface area contributed by atoms with Gasteiger partial charge in [-0.25, -0.2) is 27.3 Å². The summed E-state index contributed by atoms with van der Waals surface area (Å²) in [5.74, 6) is -5.23. The van der Waals surface area contributed by atoms with E-state index < -0.39 is 53.1 Å². The van der Waals surface area contributed by atoms with Crippen LogP contribution in [-0.4, -0.2) is 51.9 Å². The van der Waals surface area contributed by atoms with E-state index in [0.29, 0.717) is 43.6 Å². The molecule has 10 nitrogen and oxygen atoms in total. The molecule has 0 aliphatic heterocycles. The van der Waals surface area contributed by atoms with Gasteiger partial charge in [0.05, 0.1) is 12.8 Å². The van der Waals surface area contributed by atoms with E-state index in [1.807, 2.05) is 31.2 Å². The Bertz CT molecular complexity index is 1840. The molecule has 3 amide bonds. The van der Waals surface area contributed by atoms with Gasteiger partial charge in [0.2, 0.25) is 17.7 Å². The maximum Gasteiger partial charge on any atom is 0.326 e. The second kappa shape index (κ2) is 23.3. The lowest BCUT2D eigenvalue weighted by Crippen LogP contribution is -2.44. The summed E-state index contributed by atoms with van der Waals surface area (Å²) in [5, 5.41) is 20.1. The molecule has 0 spiro atoms. The molecule has 0 radical (unpaired) electrons. The molecule has 3 unspecified atom stereocenters. The highest BCUT2D eigenvalue weighted by Gasteiger charge is 2.21.